The van der Waals surface area contributed by atoms with Crippen LogP contribution in [0.5, 0.6) is 0 Å². The molecule has 24 heavy (non-hydrogen) atoms. The molecule has 0 saturated carbocycles. The SMILES string of the molecule is Cc1nnc(SCC(=O)NC(Cn2cccn2)c2ccccc2)o1. The molecule has 3 aromatic rings. The average molecular weight is 343 g/mol. The molecule has 0 aliphatic rings. The van der Waals surface area contributed by atoms with Crippen molar-refractivity contribution in [3.8, 4) is 0 Å². The minimum absolute atomic E-state index is 0.100. The molecule has 2 aromatic heterocycles. The van der Waals surface area contributed by atoms with E-state index in [0.717, 1.165) is 5.56 Å². The Balaban J connectivity index is 1.63. The second kappa shape index (κ2) is 7.78. The van der Waals surface area contributed by atoms with E-state index in [-0.39, 0.29) is 17.7 Å². The highest BCUT2D eigenvalue weighted by molar-refractivity contribution is 7.99. The van der Waals surface area contributed by atoms with Crippen molar-refractivity contribution in [1.82, 2.24) is 25.3 Å². The molecule has 3 rings (SSSR count). The van der Waals surface area contributed by atoms with Gasteiger partial charge in [-0.05, 0) is 11.6 Å². The van der Waals surface area contributed by atoms with Gasteiger partial charge >= 0.3 is 0 Å². The van der Waals surface area contributed by atoms with E-state index in [9.17, 15) is 4.79 Å². The van der Waals surface area contributed by atoms with Crippen molar-refractivity contribution in [2.75, 3.05) is 5.75 Å². The molecule has 1 amide bonds. The Morgan fingerprint density at radius 3 is 2.79 bits per heavy atom. The molecule has 1 N–H and O–H groups in total. The van der Waals surface area contributed by atoms with Gasteiger partial charge in [0, 0.05) is 19.3 Å². The molecular weight excluding hydrogens is 326 g/mol. The fourth-order valence-corrected chi connectivity index (χ4v) is 2.83. The summed E-state index contributed by atoms with van der Waals surface area (Å²) >= 11 is 1.22. The number of thioether (sulfide) groups is 1. The zero-order chi connectivity index (χ0) is 16.8. The number of carbonyl (C=O) groups is 1. The van der Waals surface area contributed by atoms with Gasteiger partial charge in [-0.15, -0.1) is 10.2 Å². The van der Waals surface area contributed by atoms with E-state index in [1.807, 2.05) is 42.6 Å². The third kappa shape index (κ3) is 4.45. The average Bonchev–Trinajstić information content (AvgIpc) is 3.25. The number of nitrogens with one attached hydrogen (secondary N) is 1. The molecule has 124 valence electrons. The molecule has 8 heteroatoms. The Hall–Kier alpha value is -2.61. The van der Waals surface area contributed by atoms with Crippen LogP contribution in [0.2, 0.25) is 0 Å². The number of hydrogen-bond acceptors (Lipinski definition) is 6. The Kier molecular flexibility index (Phi) is 5.27. The van der Waals surface area contributed by atoms with E-state index in [1.54, 1.807) is 17.8 Å². The number of amides is 1. The quantitative estimate of drug-likeness (QED) is 0.662. The van der Waals surface area contributed by atoms with Crippen LogP contribution >= 0.6 is 11.8 Å². The van der Waals surface area contributed by atoms with Crippen molar-refractivity contribution in [2.45, 2.75) is 24.7 Å². The van der Waals surface area contributed by atoms with Crippen LogP contribution in [-0.4, -0.2) is 31.6 Å². The van der Waals surface area contributed by atoms with Crippen LogP contribution in [0.4, 0.5) is 0 Å². The lowest BCUT2D eigenvalue weighted by Crippen LogP contribution is -2.32. The maximum Gasteiger partial charge on any atom is 0.277 e. The van der Waals surface area contributed by atoms with E-state index in [4.69, 9.17) is 4.42 Å². The molecule has 0 aliphatic carbocycles. The summed E-state index contributed by atoms with van der Waals surface area (Å²) < 4.78 is 7.05. The van der Waals surface area contributed by atoms with Gasteiger partial charge in [0.05, 0.1) is 18.3 Å². The van der Waals surface area contributed by atoms with Gasteiger partial charge in [0.15, 0.2) is 0 Å². The standard InChI is InChI=1S/C16H17N5O2S/c1-12-19-20-16(23-12)24-11-15(22)18-14(10-21-9-5-8-17-21)13-6-3-2-4-7-13/h2-9,14H,10-11H2,1H3,(H,18,22). The molecule has 0 bridgehead atoms. The molecule has 7 nitrogen and oxygen atoms in total. The molecule has 0 fully saturated rings. The largest absolute Gasteiger partial charge is 0.416 e. The number of benzene rings is 1. The summed E-state index contributed by atoms with van der Waals surface area (Å²) in [5.41, 5.74) is 1.03. The van der Waals surface area contributed by atoms with Crippen LogP contribution in [-0.2, 0) is 11.3 Å². The van der Waals surface area contributed by atoms with Crippen LogP contribution in [0.3, 0.4) is 0 Å². The molecule has 2 heterocycles. The third-order valence-corrected chi connectivity index (χ3v) is 4.12. The number of aryl methyl sites for hydroxylation is 1. The number of carbonyl (C=O) groups excluding carboxylic acids is 1. The number of aromatic nitrogens is 4. The van der Waals surface area contributed by atoms with Crippen LogP contribution in [0.1, 0.15) is 17.5 Å². The monoisotopic (exact) mass is 343 g/mol. The van der Waals surface area contributed by atoms with Crippen LogP contribution in [0, 0.1) is 6.92 Å². The maximum atomic E-state index is 12.3. The Labute approximate surface area is 143 Å². The van der Waals surface area contributed by atoms with E-state index in [2.05, 4.69) is 20.6 Å². The molecule has 0 spiro atoms. The maximum absolute atomic E-state index is 12.3. The zero-order valence-corrected chi connectivity index (χ0v) is 13.9. The lowest BCUT2D eigenvalue weighted by Gasteiger charge is -2.19. The smallest absolute Gasteiger partial charge is 0.277 e. The summed E-state index contributed by atoms with van der Waals surface area (Å²) in [4.78, 5) is 12.3. The molecule has 1 aromatic carbocycles. The minimum atomic E-state index is -0.163. The van der Waals surface area contributed by atoms with Crippen molar-refractivity contribution in [3.63, 3.8) is 0 Å². The summed E-state index contributed by atoms with van der Waals surface area (Å²) in [5, 5.41) is 15.3. The van der Waals surface area contributed by atoms with Crippen molar-refractivity contribution < 1.29 is 9.21 Å². The lowest BCUT2D eigenvalue weighted by molar-refractivity contribution is -0.119. The molecule has 1 unspecified atom stereocenters. The van der Waals surface area contributed by atoms with E-state index in [1.165, 1.54) is 11.8 Å². The van der Waals surface area contributed by atoms with Gasteiger partial charge in [-0.2, -0.15) is 5.10 Å². The van der Waals surface area contributed by atoms with Crippen molar-refractivity contribution >= 4 is 17.7 Å². The summed E-state index contributed by atoms with van der Waals surface area (Å²) in [6.07, 6.45) is 3.59. The highest BCUT2D eigenvalue weighted by Crippen LogP contribution is 2.18. The van der Waals surface area contributed by atoms with E-state index < -0.39 is 0 Å². The van der Waals surface area contributed by atoms with Gasteiger partial charge in [0.1, 0.15) is 0 Å². The number of hydrogen-bond donors (Lipinski definition) is 1. The van der Waals surface area contributed by atoms with Crippen molar-refractivity contribution in [1.29, 1.82) is 0 Å². The van der Waals surface area contributed by atoms with Crippen LogP contribution in [0.15, 0.2) is 58.4 Å². The molecule has 0 saturated heterocycles. The molecule has 1 atom stereocenters. The zero-order valence-electron chi connectivity index (χ0n) is 13.1. The van der Waals surface area contributed by atoms with E-state index in [0.29, 0.717) is 17.7 Å². The Morgan fingerprint density at radius 2 is 2.12 bits per heavy atom. The van der Waals surface area contributed by atoms with Gasteiger partial charge in [0.2, 0.25) is 11.8 Å². The van der Waals surface area contributed by atoms with Gasteiger partial charge in [0.25, 0.3) is 5.22 Å². The fourth-order valence-electron chi connectivity index (χ4n) is 2.22. The van der Waals surface area contributed by atoms with Gasteiger partial charge in [-0.1, -0.05) is 42.1 Å². The molecule has 0 radical (unpaired) electrons. The van der Waals surface area contributed by atoms with E-state index >= 15 is 0 Å². The third-order valence-electron chi connectivity index (χ3n) is 3.30. The Morgan fingerprint density at radius 1 is 1.29 bits per heavy atom. The predicted octanol–water partition coefficient (Wildman–Crippen LogP) is 2.22. The van der Waals surface area contributed by atoms with Gasteiger partial charge < -0.3 is 9.73 Å². The first kappa shape index (κ1) is 16.3. The number of nitrogens with zero attached hydrogens (tertiary/aromatic N) is 4. The normalized spacial score (nSPS) is 12.0. The first-order valence-electron chi connectivity index (χ1n) is 7.45. The summed E-state index contributed by atoms with van der Waals surface area (Å²) in [7, 11) is 0. The topological polar surface area (TPSA) is 85.8 Å². The second-order valence-corrected chi connectivity index (χ2v) is 6.06. The van der Waals surface area contributed by atoms with Gasteiger partial charge in [-0.25, -0.2) is 0 Å². The number of rotatable bonds is 7. The van der Waals surface area contributed by atoms with Crippen LogP contribution in [0.25, 0.3) is 0 Å². The molecule has 0 aliphatic heterocycles. The highest BCUT2D eigenvalue weighted by atomic mass is 32.2. The summed E-state index contributed by atoms with van der Waals surface area (Å²) in [5.74, 6) is 0.597. The first-order valence-corrected chi connectivity index (χ1v) is 8.44. The minimum Gasteiger partial charge on any atom is -0.416 e. The second-order valence-electron chi connectivity index (χ2n) is 5.13. The summed E-state index contributed by atoms with van der Waals surface area (Å²) in [6, 6.07) is 11.5. The predicted molar refractivity (Wildman–Crippen MR) is 89.3 cm³/mol. The molecular formula is C16H17N5O2S. The highest BCUT2D eigenvalue weighted by Gasteiger charge is 2.16. The first-order chi connectivity index (χ1) is 11.7. The van der Waals surface area contributed by atoms with Crippen molar-refractivity contribution in [3.05, 3.63) is 60.2 Å². The summed E-state index contributed by atoms with van der Waals surface area (Å²) in [6.45, 7) is 2.28. The van der Waals surface area contributed by atoms with Crippen molar-refractivity contribution in [2.24, 2.45) is 0 Å². The lowest BCUT2D eigenvalue weighted by atomic mass is 10.1. The van der Waals surface area contributed by atoms with Gasteiger partial charge in [-0.3, -0.25) is 9.48 Å². The Bertz CT molecular complexity index is 773. The van der Waals surface area contributed by atoms with Crippen LogP contribution < -0.4 is 5.32 Å². The fraction of sp³-hybridized carbons (Fsp3) is 0.250.